The second kappa shape index (κ2) is 4.22. The van der Waals surface area contributed by atoms with Gasteiger partial charge in [0.25, 0.3) is 0 Å². The Labute approximate surface area is 103 Å². The van der Waals surface area contributed by atoms with E-state index in [1.54, 1.807) is 13.0 Å². The molecule has 4 nitrogen and oxygen atoms in total. The first-order valence-corrected chi connectivity index (χ1v) is 5.43. The average molecular weight is 251 g/mol. The fraction of sp³-hybridized carbons (Fsp3) is 0.167. The van der Waals surface area contributed by atoms with E-state index in [1.807, 2.05) is 19.1 Å². The number of carboxylic acids is 1. The number of carbonyl (C=O) groups is 1. The number of benzene rings is 1. The van der Waals surface area contributed by atoms with Crippen LogP contribution in [0.15, 0.2) is 24.4 Å². The van der Waals surface area contributed by atoms with Gasteiger partial charge in [-0.25, -0.2) is 9.48 Å². The number of nitrogens with zero attached hydrogens (tertiary/aromatic N) is 2. The highest BCUT2D eigenvalue weighted by Gasteiger charge is 2.12. The van der Waals surface area contributed by atoms with Gasteiger partial charge in [0.1, 0.15) is 5.56 Å². The fourth-order valence-corrected chi connectivity index (χ4v) is 1.70. The van der Waals surface area contributed by atoms with Crippen molar-refractivity contribution >= 4 is 17.6 Å². The number of aromatic nitrogens is 2. The Morgan fingerprint density at radius 3 is 2.65 bits per heavy atom. The standard InChI is InChI=1S/C12H11ClN2O2/c1-7-3-4-9(5-11(7)13)15-6-10(12(16)17)8(2)14-15/h3-6H,1-2H3,(H,16,17). The number of halogens is 1. The van der Waals surface area contributed by atoms with Gasteiger partial charge in [0.05, 0.1) is 11.4 Å². The Bertz CT molecular complexity index is 590. The van der Waals surface area contributed by atoms with Crippen LogP contribution in [-0.2, 0) is 0 Å². The summed E-state index contributed by atoms with van der Waals surface area (Å²) in [5, 5.41) is 13.7. The third-order valence-corrected chi connectivity index (χ3v) is 2.96. The summed E-state index contributed by atoms with van der Waals surface area (Å²) >= 11 is 6.02. The lowest BCUT2D eigenvalue weighted by Gasteiger charge is -2.03. The summed E-state index contributed by atoms with van der Waals surface area (Å²) in [5.74, 6) is -0.980. The smallest absolute Gasteiger partial charge is 0.339 e. The quantitative estimate of drug-likeness (QED) is 0.892. The van der Waals surface area contributed by atoms with Crippen molar-refractivity contribution in [3.63, 3.8) is 0 Å². The van der Waals surface area contributed by atoms with Gasteiger partial charge in [0, 0.05) is 11.2 Å². The van der Waals surface area contributed by atoms with Gasteiger partial charge in [-0.2, -0.15) is 5.10 Å². The topological polar surface area (TPSA) is 55.1 Å². The summed E-state index contributed by atoms with van der Waals surface area (Å²) in [7, 11) is 0. The largest absolute Gasteiger partial charge is 0.478 e. The summed E-state index contributed by atoms with van der Waals surface area (Å²) in [5.41, 5.74) is 2.39. The van der Waals surface area contributed by atoms with Crippen LogP contribution < -0.4 is 0 Å². The van der Waals surface area contributed by atoms with Crippen LogP contribution in [-0.4, -0.2) is 20.9 Å². The van der Waals surface area contributed by atoms with Crippen LogP contribution >= 0.6 is 11.6 Å². The van der Waals surface area contributed by atoms with Crippen LogP contribution in [0.5, 0.6) is 0 Å². The molecule has 0 unspecified atom stereocenters. The Morgan fingerprint density at radius 2 is 2.12 bits per heavy atom. The summed E-state index contributed by atoms with van der Waals surface area (Å²) in [6, 6.07) is 5.48. The number of aryl methyl sites for hydroxylation is 2. The summed E-state index contributed by atoms with van der Waals surface area (Å²) < 4.78 is 1.52. The maximum atomic E-state index is 10.9. The van der Waals surface area contributed by atoms with Gasteiger partial charge in [-0.1, -0.05) is 17.7 Å². The Hall–Kier alpha value is -1.81. The molecule has 5 heteroatoms. The Balaban J connectivity index is 2.50. The molecule has 1 aromatic heterocycles. The second-order valence-corrected chi connectivity index (χ2v) is 4.22. The monoisotopic (exact) mass is 250 g/mol. The molecule has 0 amide bonds. The molecule has 0 atom stereocenters. The van der Waals surface area contributed by atoms with Crippen molar-refractivity contribution in [1.82, 2.24) is 9.78 Å². The minimum Gasteiger partial charge on any atom is -0.478 e. The predicted molar refractivity (Wildman–Crippen MR) is 65.0 cm³/mol. The van der Waals surface area contributed by atoms with Crippen LogP contribution in [0, 0.1) is 13.8 Å². The van der Waals surface area contributed by atoms with Gasteiger partial charge in [0.2, 0.25) is 0 Å². The molecule has 1 heterocycles. The normalized spacial score (nSPS) is 10.5. The van der Waals surface area contributed by atoms with Crippen molar-refractivity contribution in [3.8, 4) is 5.69 Å². The lowest BCUT2D eigenvalue weighted by molar-refractivity contribution is 0.0696. The van der Waals surface area contributed by atoms with Crippen molar-refractivity contribution < 1.29 is 9.90 Å². The molecular weight excluding hydrogens is 240 g/mol. The zero-order chi connectivity index (χ0) is 12.6. The molecule has 0 radical (unpaired) electrons. The van der Waals surface area contributed by atoms with E-state index in [-0.39, 0.29) is 5.56 Å². The van der Waals surface area contributed by atoms with Crippen molar-refractivity contribution in [3.05, 3.63) is 46.2 Å². The lowest BCUT2D eigenvalue weighted by atomic mass is 10.2. The highest BCUT2D eigenvalue weighted by molar-refractivity contribution is 6.31. The fourth-order valence-electron chi connectivity index (χ4n) is 1.53. The van der Waals surface area contributed by atoms with E-state index in [9.17, 15) is 4.79 Å². The van der Waals surface area contributed by atoms with E-state index in [0.717, 1.165) is 11.3 Å². The molecule has 2 aromatic rings. The maximum Gasteiger partial charge on any atom is 0.339 e. The minimum absolute atomic E-state index is 0.196. The van der Waals surface area contributed by atoms with E-state index in [4.69, 9.17) is 16.7 Å². The summed E-state index contributed by atoms with van der Waals surface area (Å²) in [4.78, 5) is 10.9. The Morgan fingerprint density at radius 1 is 1.41 bits per heavy atom. The van der Waals surface area contributed by atoms with E-state index >= 15 is 0 Å². The van der Waals surface area contributed by atoms with Gasteiger partial charge in [-0.05, 0) is 31.5 Å². The van der Waals surface area contributed by atoms with Gasteiger partial charge in [-0.15, -0.1) is 0 Å². The number of aromatic carboxylic acids is 1. The number of carboxylic acid groups (broad SMARTS) is 1. The molecule has 0 spiro atoms. The van der Waals surface area contributed by atoms with Crippen molar-refractivity contribution in [1.29, 1.82) is 0 Å². The number of hydrogen-bond acceptors (Lipinski definition) is 2. The Kier molecular flexibility index (Phi) is 2.90. The summed E-state index contributed by atoms with van der Waals surface area (Å²) in [6.07, 6.45) is 1.48. The maximum absolute atomic E-state index is 10.9. The first kappa shape index (κ1) is 11.7. The van der Waals surface area contributed by atoms with Crippen LogP contribution in [0.1, 0.15) is 21.6 Å². The molecule has 1 N–H and O–H groups in total. The molecule has 0 fully saturated rings. The number of rotatable bonds is 2. The number of hydrogen-bond donors (Lipinski definition) is 1. The SMILES string of the molecule is Cc1ccc(-n2cc(C(=O)O)c(C)n2)cc1Cl. The third-order valence-electron chi connectivity index (χ3n) is 2.55. The first-order chi connectivity index (χ1) is 7.99. The molecule has 0 aliphatic rings. The molecule has 17 heavy (non-hydrogen) atoms. The van der Waals surface area contributed by atoms with Crippen LogP contribution in [0.4, 0.5) is 0 Å². The third kappa shape index (κ3) is 2.17. The molecule has 88 valence electrons. The van der Waals surface area contributed by atoms with Crippen molar-refractivity contribution in [2.24, 2.45) is 0 Å². The lowest BCUT2D eigenvalue weighted by Crippen LogP contribution is -1.96. The first-order valence-electron chi connectivity index (χ1n) is 5.05. The van der Waals surface area contributed by atoms with Crippen LogP contribution in [0.2, 0.25) is 5.02 Å². The van der Waals surface area contributed by atoms with Crippen molar-refractivity contribution in [2.45, 2.75) is 13.8 Å². The second-order valence-electron chi connectivity index (χ2n) is 3.81. The van der Waals surface area contributed by atoms with E-state index in [1.165, 1.54) is 10.9 Å². The molecule has 0 aliphatic heterocycles. The molecule has 1 aromatic carbocycles. The highest BCUT2D eigenvalue weighted by Crippen LogP contribution is 2.20. The minimum atomic E-state index is -0.980. The molecule has 0 bridgehead atoms. The zero-order valence-electron chi connectivity index (χ0n) is 9.44. The van der Waals surface area contributed by atoms with Gasteiger partial charge in [0.15, 0.2) is 0 Å². The van der Waals surface area contributed by atoms with Gasteiger partial charge in [-0.3, -0.25) is 0 Å². The predicted octanol–water partition coefficient (Wildman–Crippen LogP) is 2.84. The average Bonchev–Trinajstić information content (AvgIpc) is 2.64. The van der Waals surface area contributed by atoms with Gasteiger partial charge < -0.3 is 5.11 Å². The molecule has 0 saturated heterocycles. The molecule has 2 rings (SSSR count). The van der Waals surface area contributed by atoms with E-state index in [2.05, 4.69) is 5.10 Å². The van der Waals surface area contributed by atoms with E-state index in [0.29, 0.717) is 10.7 Å². The van der Waals surface area contributed by atoms with Crippen LogP contribution in [0.3, 0.4) is 0 Å². The van der Waals surface area contributed by atoms with E-state index < -0.39 is 5.97 Å². The highest BCUT2D eigenvalue weighted by atomic mass is 35.5. The zero-order valence-corrected chi connectivity index (χ0v) is 10.2. The van der Waals surface area contributed by atoms with Gasteiger partial charge >= 0.3 is 5.97 Å². The summed E-state index contributed by atoms with van der Waals surface area (Å²) in [6.45, 7) is 3.57. The van der Waals surface area contributed by atoms with Crippen LogP contribution in [0.25, 0.3) is 5.69 Å². The molecule has 0 aliphatic carbocycles. The molecule has 0 saturated carbocycles. The van der Waals surface area contributed by atoms with Crippen molar-refractivity contribution in [2.75, 3.05) is 0 Å². The molecular formula is C12H11ClN2O2.